The highest BCUT2D eigenvalue weighted by Crippen LogP contribution is 2.28. The molecule has 1 aliphatic rings. The average molecular weight is 317 g/mol. The second-order valence-corrected chi connectivity index (χ2v) is 5.65. The van der Waals surface area contributed by atoms with Crippen LogP contribution in [0.15, 0.2) is 30.3 Å². The molecule has 1 aromatic carbocycles. The highest BCUT2D eigenvalue weighted by molar-refractivity contribution is 5.97. The number of nitro groups is 1. The van der Waals surface area contributed by atoms with Crippen LogP contribution in [0, 0.1) is 10.1 Å². The Morgan fingerprint density at radius 3 is 2.48 bits per heavy atom. The van der Waals surface area contributed by atoms with Crippen molar-refractivity contribution in [3.8, 4) is 0 Å². The topological polar surface area (TPSA) is 115 Å². The molecule has 3 N–H and O–H groups in total. The van der Waals surface area contributed by atoms with Gasteiger partial charge in [0.05, 0.1) is 10.5 Å². The van der Waals surface area contributed by atoms with Gasteiger partial charge in [0.15, 0.2) is 0 Å². The van der Waals surface area contributed by atoms with Crippen molar-refractivity contribution >= 4 is 23.6 Å². The SMILES string of the molecule is NC(=O)C1(NC(=O)/C=C/c2ccccc2[N+](=O)[O-])CCCCC1. The number of amides is 2. The molecule has 0 bridgehead atoms. The zero-order valence-corrected chi connectivity index (χ0v) is 12.7. The fourth-order valence-electron chi connectivity index (χ4n) is 2.83. The van der Waals surface area contributed by atoms with Crippen LogP contribution in [0.1, 0.15) is 37.7 Å². The van der Waals surface area contributed by atoms with Crippen LogP contribution in [0.3, 0.4) is 0 Å². The van der Waals surface area contributed by atoms with E-state index in [1.807, 2.05) is 0 Å². The van der Waals surface area contributed by atoms with Crippen molar-refractivity contribution in [2.24, 2.45) is 5.73 Å². The molecule has 0 heterocycles. The second kappa shape index (κ2) is 7.04. The van der Waals surface area contributed by atoms with Gasteiger partial charge in [0.25, 0.3) is 5.69 Å². The summed E-state index contributed by atoms with van der Waals surface area (Å²) in [5, 5.41) is 13.6. The van der Waals surface area contributed by atoms with Gasteiger partial charge in [-0.15, -0.1) is 0 Å². The van der Waals surface area contributed by atoms with Crippen LogP contribution in [0.2, 0.25) is 0 Å². The Labute approximate surface area is 133 Å². The number of benzene rings is 1. The maximum absolute atomic E-state index is 12.1. The molecule has 1 saturated carbocycles. The van der Waals surface area contributed by atoms with E-state index in [1.54, 1.807) is 18.2 Å². The Bertz CT molecular complexity index is 648. The third kappa shape index (κ3) is 3.94. The highest BCUT2D eigenvalue weighted by atomic mass is 16.6. The first-order valence-electron chi connectivity index (χ1n) is 7.48. The van der Waals surface area contributed by atoms with Gasteiger partial charge < -0.3 is 11.1 Å². The molecule has 0 unspecified atom stereocenters. The molecule has 0 saturated heterocycles. The van der Waals surface area contributed by atoms with E-state index in [4.69, 9.17) is 5.73 Å². The van der Waals surface area contributed by atoms with Gasteiger partial charge in [-0.05, 0) is 25.0 Å². The van der Waals surface area contributed by atoms with Gasteiger partial charge in [0.2, 0.25) is 11.8 Å². The molecule has 7 heteroatoms. The number of hydrogen-bond donors (Lipinski definition) is 2. The summed E-state index contributed by atoms with van der Waals surface area (Å²) in [5.74, 6) is -1.02. The number of rotatable bonds is 5. The van der Waals surface area contributed by atoms with Gasteiger partial charge in [0.1, 0.15) is 5.54 Å². The number of para-hydroxylation sites is 1. The summed E-state index contributed by atoms with van der Waals surface area (Å²) in [6.07, 6.45) is 6.28. The van der Waals surface area contributed by atoms with Gasteiger partial charge in [0, 0.05) is 12.1 Å². The summed E-state index contributed by atoms with van der Waals surface area (Å²) in [7, 11) is 0. The van der Waals surface area contributed by atoms with Crippen molar-refractivity contribution in [1.29, 1.82) is 0 Å². The van der Waals surface area contributed by atoms with E-state index in [2.05, 4.69) is 5.32 Å². The molecule has 7 nitrogen and oxygen atoms in total. The average Bonchev–Trinajstić information content (AvgIpc) is 2.54. The normalized spacial score (nSPS) is 16.9. The monoisotopic (exact) mass is 317 g/mol. The summed E-state index contributed by atoms with van der Waals surface area (Å²) in [5.41, 5.74) is 4.68. The lowest BCUT2D eigenvalue weighted by Gasteiger charge is -2.34. The third-order valence-corrected chi connectivity index (χ3v) is 4.09. The summed E-state index contributed by atoms with van der Waals surface area (Å²) < 4.78 is 0. The lowest BCUT2D eigenvalue weighted by molar-refractivity contribution is -0.385. The van der Waals surface area contributed by atoms with Crippen LogP contribution >= 0.6 is 0 Å². The van der Waals surface area contributed by atoms with Crippen molar-refractivity contribution in [1.82, 2.24) is 5.32 Å². The molecule has 0 atom stereocenters. The summed E-state index contributed by atoms with van der Waals surface area (Å²) in [4.78, 5) is 34.2. The number of nitrogens with one attached hydrogen (secondary N) is 1. The molecule has 1 fully saturated rings. The van der Waals surface area contributed by atoms with Gasteiger partial charge in [-0.3, -0.25) is 19.7 Å². The van der Waals surface area contributed by atoms with Crippen molar-refractivity contribution in [2.75, 3.05) is 0 Å². The van der Waals surface area contributed by atoms with Crippen molar-refractivity contribution < 1.29 is 14.5 Å². The number of nitrogens with two attached hydrogens (primary N) is 1. The molecule has 2 amide bonds. The van der Waals surface area contributed by atoms with E-state index in [9.17, 15) is 19.7 Å². The standard InChI is InChI=1S/C16H19N3O4/c17-15(21)16(10-4-1-5-11-16)18-14(20)9-8-12-6-2-3-7-13(12)19(22)23/h2-3,6-9H,1,4-5,10-11H2,(H2,17,21)(H,18,20)/b9-8+. The largest absolute Gasteiger partial charge is 0.368 e. The summed E-state index contributed by atoms with van der Waals surface area (Å²) >= 11 is 0. The van der Waals surface area contributed by atoms with E-state index in [1.165, 1.54) is 18.2 Å². The maximum Gasteiger partial charge on any atom is 0.276 e. The second-order valence-electron chi connectivity index (χ2n) is 5.65. The molecule has 0 aliphatic heterocycles. The van der Waals surface area contributed by atoms with Crippen LogP contribution in [-0.2, 0) is 9.59 Å². The van der Waals surface area contributed by atoms with E-state index in [0.29, 0.717) is 18.4 Å². The van der Waals surface area contributed by atoms with Crippen molar-refractivity contribution in [2.45, 2.75) is 37.6 Å². The molecule has 1 aromatic rings. The molecule has 122 valence electrons. The third-order valence-electron chi connectivity index (χ3n) is 4.09. The lowest BCUT2D eigenvalue weighted by Crippen LogP contribution is -2.58. The summed E-state index contributed by atoms with van der Waals surface area (Å²) in [6.45, 7) is 0. The van der Waals surface area contributed by atoms with Crippen molar-refractivity contribution in [3.63, 3.8) is 0 Å². The van der Waals surface area contributed by atoms with E-state index < -0.39 is 22.3 Å². The minimum atomic E-state index is -1.01. The van der Waals surface area contributed by atoms with Gasteiger partial charge in [-0.25, -0.2) is 0 Å². The van der Waals surface area contributed by atoms with E-state index in [-0.39, 0.29) is 5.69 Å². The lowest BCUT2D eigenvalue weighted by atomic mass is 9.81. The number of carbonyl (C=O) groups excluding carboxylic acids is 2. The molecule has 2 rings (SSSR count). The van der Waals surface area contributed by atoms with Crippen LogP contribution in [0.25, 0.3) is 6.08 Å². The Morgan fingerprint density at radius 2 is 1.87 bits per heavy atom. The number of hydrogen-bond acceptors (Lipinski definition) is 4. The first-order chi connectivity index (χ1) is 10.9. The maximum atomic E-state index is 12.1. The minimum absolute atomic E-state index is 0.0844. The Morgan fingerprint density at radius 1 is 1.22 bits per heavy atom. The quantitative estimate of drug-likeness (QED) is 0.490. The zero-order chi connectivity index (χ0) is 16.9. The van der Waals surface area contributed by atoms with Crippen LogP contribution in [-0.4, -0.2) is 22.3 Å². The Kier molecular flexibility index (Phi) is 5.10. The Balaban J connectivity index is 2.12. The first kappa shape index (κ1) is 16.7. The van der Waals surface area contributed by atoms with Gasteiger partial charge in [-0.2, -0.15) is 0 Å². The van der Waals surface area contributed by atoms with Crippen LogP contribution in [0.4, 0.5) is 5.69 Å². The molecule has 1 aliphatic carbocycles. The minimum Gasteiger partial charge on any atom is -0.368 e. The Hall–Kier alpha value is -2.70. The number of carbonyl (C=O) groups is 2. The molecule has 0 aromatic heterocycles. The molecule has 0 radical (unpaired) electrons. The summed E-state index contributed by atoms with van der Waals surface area (Å²) in [6, 6.07) is 6.12. The zero-order valence-electron chi connectivity index (χ0n) is 12.7. The predicted octanol–water partition coefficient (Wildman–Crippen LogP) is 1.91. The van der Waals surface area contributed by atoms with Crippen LogP contribution < -0.4 is 11.1 Å². The molecule has 0 spiro atoms. The van der Waals surface area contributed by atoms with Gasteiger partial charge >= 0.3 is 0 Å². The fourth-order valence-corrected chi connectivity index (χ4v) is 2.83. The number of primary amides is 1. The highest BCUT2D eigenvalue weighted by Gasteiger charge is 2.38. The molecular weight excluding hydrogens is 298 g/mol. The smallest absolute Gasteiger partial charge is 0.276 e. The first-order valence-corrected chi connectivity index (χ1v) is 7.48. The fraction of sp³-hybridized carbons (Fsp3) is 0.375. The van der Waals surface area contributed by atoms with Crippen LogP contribution in [0.5, 0.6) is 0 Å². The molecular formula is C16H19N3O4. The van der Waals surface area contributed by atoms with Gasteiger partial charge in [-0.1, -0.05) is 31.4 Å². The van der Waals surface area contributed by atoms with Crippen molar-refractivity contribution in [3.05, 3.63) is 46.0 Å². The molecule has 23 heavy (non-hydrogen) atoms. The van der Waals surface area contributed by atoms with E-state index >= 15 is 0 Å². The number of nitro benzene ring substituents is 1. The van der Waals surface area contributed by atoms with E-state index in [0.717, 1.165) is 19.3 Å². The predicted molar refractivity (Wildman–Crippen MR) is 85.3 cm³/mol. The number of nitrogens with zero attached hydrogens (tertiary/aromatic N) is 1.